The number of nitrogens with zero attached hydrogens (tertiary/aromatic N) is 7. The Morgan fingerprint density at radius 3 is 2.55 bits per heavy atom. The largest absolute Gasteiger partial charge is 0.507 e. The lowest BCUT2D eigenvalue weighted by atomic mass is 9.94. The Balaban J connectivity index is 1.68. The topological polar surface area (TPSA) is 102 Å². The maximum absolute atomic E-state index is 16.4. The van der Waals surface area contributed by atoms with Crippen molar-refractivity contribution in [2.45, 2.75) is 45.8 Å². The van der Waals surface area contributed by atoms with Crippen molar-refractivity contribution >= 4 is 28.3 Å². The molecule has 8 nitrogen and oxygen atoms in total. The second-order valence-electron chi connectivity index (χ2n) is 10.2. The van der Waals surface area contributed by atoms with E-state index in [9.17, 15) is 14.8 Å². The fourth-order valence-corrected chi connectivity index (χ4v) is 5.45. The molecule has 40 heavy (non-hydrogen) atoms. The number of halogens is 3. The lowest BCUT2D eigenvalue weighted by molar-refractivity contribution is 0.274. The number of aromatic nitrogens is 4. The molecule has 0 radical (unpaired) electrons. The number of hydrogen-bond acceptors (Lipinski definition) is 8. The van der Waals surface area contributed by atoms with Gasteiger partial charge in [-0.05, 0) is 49.9 Å². The molecule has 1 N–H and O–H groups in total. The summed E-state index contributed by atoms with van der Waals surface area (Å²) in [5, 5.41) is 20.2. The number of rotatable bonds is 7. The molecule has 0 saturated carbocycles. The zero-order chi connectivity index (χ0) is 28.4. The average Bonchev–Trinajstić information content (AvgIpc) is 2.92. The SMILES string of the molecule is C[C@H]1CC[C@H](C)N(c2nc(CN(CC#N)Cc3ncccn3)nc3c(F)c(-c4c(O)cccc4F)c(Cl)cc23)C1. The number of piperidine rings is 1. The molecular weight excluding hydrogens is 536 g/mol. The van der Waals surface area contributed by atoms with Crippen LogP contribution in [-0.4, -0.2) is 49.1 Å². The second kappa shape index (κ2) is 11.7. The van der Waals surface area contributed by atoms with Gasteiger partial charge in [-0.1, -0.05) is 24.6 Å². The highest BCUT2D eigenvalue weighted by Crippen LogP contribution is 2.43. The standard InChI is InChI=1S/C29H28ClF2N7O/c1-17-7-8-18(2)39(14-17)29-19-13-20(30)25(26-21(31)5-3-6-22(26)40)27(32)28(19)36-24(37-29)16-38(12-9-33)15-23-34-10-4-11-35-23/h3-6,10-11,13,17-18,40H,7-8,12,14-16H2,1-2H3/t17-,18-/m0/s1. The van der Waals surface area contributed by atoms with Crippen molar-refractivity contribution in [1.29, 1.82) is 5.26 Å². The molecule has 1 aliphatic heterocycles. The third kappa shape index (κ3) is 5.53. The van der Waals surface area contributed by atoms with E-state index in [-0.39, 0.29) is 53.2 Å². The van der Waals surface area contributed by atoms with Crippen LogP contribution in [0.1, 0.15) is 38.3 Å². The van der Waals surface area contributed by atoms with E-state index in [4.69, 9.17) is 16.6 Å². The lowest BCUT2D eigenvalue weighted by Gasteiger charge is -2.38. The fraction of sp³-hybridized carbons (Fsp3) is 0.345. The first-order valence-electron chi connectivity index (χ1n) is 13.0. The molecule has 1 saturated heterocycles. The molecule has 1 fully saturated rings. The number of hydrogen-bond donors (Lipinski definition) is 1. The van der Waals surface area contributed by atoms with Gasteiger partial charge >= 0.3 is 0 Å². The Labute approximate surface area is 235 Å². The van der Waals surface area contributed by atoms with Gasteiger partial charge in [-0.25, -0.2) is 28.7 Å². The van der Waals surface area contributed by atoms with E-state index in [1.165, 1.54) is 18.2 Å². The van der Waals surface area contributed by atoms with Crippen molar-refractivity contribution in [3.8, 4) is 22.9 Å². The van der Waals surface area contributed by atoms with Crippen molar-refractivity contribution < 1.29 is 13.9 Å². The number of fused-ring (bicyclic) bond motifs is 1. The molecular formula is C29H28ClF2N7O. The van der Waals surface area contributed by atoms with Crippen molar-refractivity contribution in [2.75, 3.05) is 18.0 Å². The lowest BCUT2D eigenvalue weighted by Crippen LogP contribution is -2.42. The van der Waals surface area contributed by atoms with E-state index in [1.54, 1.807) is 23.4 Å². The summed E-state index contributed by atoms with van der Waals surface area (Å²) in [6.45, 7) is 5.39. The Morgan fingerprint density at radius 2 is 1.82 bits per heavy atom. The molecule has 11 heteroatoms. The number of benzene rings is 2. The van der Waals surface area contributed by atoms with E-state index in [0.29, 0.717) is 29.5 Å². The van der Waals surface area contributed by atoms with Gasteiger partial charge < -0.3 is 10.0 Å². The molecule has 2 aromatic heterocycles. The van der Waals surface area contributed by atoms with Crippen LogP contribution in [0.15, 0.2) is 42.7 Å². The highest BCUT2D eigenvalue weighted by molar-refractivity contribution is 6.34. The Hall–Kier alpha value is -3.94. The smallest absolute Gasteiger partial charge is 0.159 e. The van der Waals surface area contributed by atoms with Gasteiger partial charge in [0.25, 0.3) is 0 Å². The van der Waals surface area contributed by atoms with Crippen LogP contribution >= 0.6 is 11.6 Å². The van der Waals surface area contributed by atoms with Crippen molar-refractivity contribution in [3.63, 3.8) is 0 Å². The van der Waals surface area contributed by atoms with Crippen LogP contribution in [0.5, 0.6) is 5.75 Å². The maximum Gasteiger partial charge on any atom is 0.159 e. The number of phenolic OH excluding ortho intramolecular Hbond substituents is 1. The van der Waals surface area contributed by atoms with Gasteiger partial charge in [0.1, 0.15) is 34.6 Å². The van der Waals surface area contributed by atoms with Gasteiger partial charge in [-0.15, -0.1) is 0 Å². The summed E-state index contributed by atoms with van der Waals surface area (Å²) >= 11 is 6.57. The molecule has 2 atom stereocenters. The molecule has 0 unspecified atom stereocenters. The van der Waals surface area contributed by atoms with Crippen LogP contribution in [0.4, 0.5) is 14.6 Å². The minimum atomic E-state index is -0.858. The molecule has 4 aromatic rings. The number of aromatic hydroxyl groups is 1. The molecule has 3 heterocycles. The molecule has 5 rings (SSSR count). The van der Waals surface area contributed by atoms with E-state index in [0.717, 1.165) is 18.9 Å². The van der Waals surface area contributed by atoms with Gasteiger partial charge in [-0.2, -0.15) is 5.26 Å². The first kappa shape index (κ1) is 27.6. The highest BCUT2D eigenvalue weighted by atomic mass is 35.5. The highest BCUT2D eigenvalue weighted by Gasteiger charge is 2.29. The van der Waals surface area contributed by atoms with Gasteiger partial charge in [-0.3, -0.25) is 4.90 Å². The summed E-state index contributed by atoms with van der Waals surface area (Å²) in [5.41, 5.74) is -0.645. The quantitative estimate of drug-likeness (QED) is 0.278. The summed E-state index contributed by atoms with van der Waals surface area (Å²) in [7, 11) is 0. The molecule has 0 amide bonds. The first-order chi connectivity index (χ1) is 19.3. The number of anilines is 1. The summed E-state index contributed by atoms with van der Waals surface area (Å²) in [6, 6.07) is 9.26. The van der Waals surface area contributed by atoms with E-state index >= 15 is 4.39 Å². The minimum Gasteiger partial charge on any atom is -0.507 e. The summed E-state index contributed by atoms with van der Waals surface area (Å²) < 4.78 is 31.2. The van der Waals surface area contributed by atoms with Crippen molar-refractivity contribution in [2.24, 2.45) is 5.92 Å². The van der Waals surface area contributed by atoms with Crippen LogP contribution in [0.25, 0.3) is 22.0 Å². The molecule has 0 spiro atoms. The van der Waals surface area contributed by atoms with Crippen LogP contribution in [0, 0.1) is 28.9 Å². The van der Waals surface area contributed by atoms with Crippen LogP contribution in [-0.2, 0) is 13.1 Å². The number of phenols is 1. The molecule has 2 aromatic carbocycles. The monoisotopic (exact) mass is 563 g/mol. The van der Waals surface area contributed by atoms with Crippen molar-refractivity contribution in [3.05, 3.63) is 71.0 Å². The third-order valence-electron chi connectivity index (χ3n) is 7.18. The van der Waals surface area contributed by atoms with E-state index < -0.39 is 17.4 Å². The zero-order valence-electron chi connectivity index (χ0n) is 22.2. The third-order valence-corrected chi connectivity index (χ3v) is 7.48. The van der Waals surface area contributed by atoms with Crippen LogP contribution < -0.4 is 4.90 Å². The predicted molar refractivity (Wildman–Crippen MR) is 149 cm³/mol. The second-order valence-corrected chi connectivity index (χ2v) is 10.6. The van der Waals surface area contributed by atoms with E-state index in [2.05, 4.69) is 39.8 Å². The van der Waals surface area contributed by atoms with E-state index in [1.807, 2.05) is 0 Å². The molecule has 0 aliphatic carbocycles. The van der Waals surface area contributed by atoms with Gasteiger partial charge in [0.2, 0.25) is 0 Å². The minimum absolute atomic E-state index is 0.0413. The molecule has 1 aliphatic rings. The molecule has 206 valence electrons. The van der Waals surface area contributed by atoms with Crippen LogP contribution in [0.3, 0.4) is 0 Å². The average molecular weight is 564 g/mol. The Bertz CT molecular complexity index is 1560. The summed E-state index contributed by atoms with van der Waals surface area (Å²) in [6.07, 6.45) is 5.24. The predicted octanol–water partition coefficient (Wildman–Crippen LogP) is 5.87. The first-order valence-corrected chi connectivity index (χ1v) is 13.4. The maximum atomic E-state index is 16.4. The fourth-order valence-electron chi connectivity index (χ4n) is 5.17. The van der Waals surface area contributed by atoms with Crippen molar-refractivity contribution in [1.82, 2.24) is 24.8 Å². The summed E-state index contributed by atoms with van der Waals surface area (Å²) in [5.74, 6) is -0.380. The van der Waals surface area contributed by atoms with Gasteiger partial charge in [0.05, 0.1) is 36.3 Å². The normalized spacial score (nSPS) is 17.4. The van der Waals surface area contributed by atoms with Gasteiger partial charge in [0, 0.05) is 35.9 Å². The number of nitriles is 1. The Morgan fingerprint density at radius 1 is 1.07 bits per heavy atom. The van der Waals surface area contributed by atoms with Crippen LogP contribution in [0.2, 0.25) is 5.02 Å². The summed E-state index contributed by atoms with van der Waals surface area (Å²) in [4.78, 5) is 21.8. The Kier molecular flexibility index (Phi) is 8.05. The molecule has 0 bridgehead atoms. The zero-order valence-corrected chi connectivity index (χ0v) is 22.9. The van der Waals surface area contributed by atoms with Gasteiger partial charge in [0.15, 0.2) is 5.82 Å².